The first-order chi connectivity index (χ1) is 11.0. The summed E-state index contributed by atoms with van der Waals surface area (Å²) >= 11 is 0. The maximum absolute atomic E-state index is 11.9. The minimum absolute atomic E-state index is 0.263. The van der Waals surface area contributed by atoms with Gasteiger partial charge in [-0.2, -0.15) is 0 Å². The quantitative estimate of drug-likeness (QED) is 0.405. The summed E-state index contributed by atoms with van der Waals surface area (Å²) in [6, 6.07) is 0. The zero-order chi connectivity index (χ0) is 17.1. The molecule has 6 nitrogen and oxygen atoms in total. The van der Waals surface area contributed by atoms with Crippen molar-refractivity contribution in [1.82, 2.24) is 15.5 Å². The van der Waals surface area contributed by atoms with Crippen LogP contribution in [0.5, 0.6) is 0 Å². The molecule has 0 atom stereocenters. The Morgan fingerprint density at radius 3 is 2.78 bits per heavy atom. The SMILES string of the molecule is CCNC(=NCC(C)(C)OC)NCCCN1CCCCCC1=O. The summed E-state index contributed by atoms with van der Waals surface area (Å²) in [6.45, 7) is 10.1. The van der Waals surface area contributed by atoms with Gasteiger partial charge < -0.3 is 20.3 Å². The number of carbonyl (C=O) groups is 1. The molecular formula is C17H34N4O2. The van der Waals surface area contributed by atoms with Crippen molar-refractivity contribution in [2.75, 3.05) is 39.8 Å². The van der Waals surface area contributed by atoms with E-state index in [0.29, 0.717) is 18.9 Å². The van der Waals surface area contributed by atoms with Crippen molar-refractivity contribution in [1.29, 1.82) is 0 Å². The fourth-order valence-electron chi connectivity index (χ4n) is 2.43. The average Bonchev–Trinajstić information content (AvgIpc) is 2.73. The second-order valence-electron chi connectivity index (χ2n) is 6.63. The average molecular weight is 326 g/mol. The first-order valence-corrected chi connectivity index (χ1v) is 8.83. The molecule has 1 aliphatic heterocycles. The Bertz CT molecular complexity index is 383. The van der Waals surface area contributed by atoms with Gasteiger partial charge in [-0.3, -0.25) is 9.79 Å². The van der Waals surface area contributed by atoms with Crippen molar-refractivity contribution < 1.29 is 9.53 Å². The lowest BCUT2D eigenvalue weighted by Gasteiger charge is -2.22. The van der Waals surface area contributed by atoms with Gasteiger partial charge in [-0.25, -0.2) is 0 Å². The van der Waals surface area contributed by atoms with E-state index >= 15 is 0 Å². The zero-order valence-electron chi connectivity index (χ0n) is 15.3. The Morgan fingerprint density at radius 1 is 1.30 bits per heavy atom. The van der Waals surface area contributed by atoms with Crippen LogP contribution in [0.2, 0.25) is 0 Å². The minimum Gasteiger partial charge on any atom is -0.377 e. The monoisotopic (exact) mass is 326 g/mol. The maximum atomic E-state index is 11.9. The third-order valence-electron chi connectivity index (χ3n) is 4.08. The number of nitrogens with one attached hydrogen (secondary N) is 2. The van der Waals surface area contributed by atoms with Crippen molar-refractivity contribution in [2.24, 2.45) is 4.99 Å². The third-order valence-corrected chi connectivity index (χ3v) is 4.08. The van der Waals surface area contributed by atoms with Gasteiger partial charge in [-0.15, -0.1) is 0 Å². The van der Waals surface area contributed by atoms with E-state index in [0.717, 1.165) is 51.4 Å². The molecule has 6 heteroatoms. The lowest BCUT2D eigenvalue weighted by molar-refractivity contribution is -0.130. The summed E-state index contributed by atoms with van der Waals surface area (Å²) in [5, 5.41) is 6.57. The Balaban J connectivity index is 2.34. The summed E-state index contributed by atoms with van der Waals surface area (Å²) in [5.41, 5.74) is -0.263. The van der Waals surface area contributed by atoms with Crippen LogP contribution < -0.4 is 10.6 Å². The zero-order valence-corrected chi connectivity index (χ0v) is 15.3. The number of rotatable bonds is 8. The number of ether oxygens (including phenoxy) is 1. The molecule has 1 aliphatic rings. The molecule has 0 radical (unpaired) electrons. The summed E-state index contributed by atoms with van der Waals surface area (Å²) in [6.07, 6.45) is 5.00. The van der Waals surface area contributed by atoms with Gasteiger partial charge in [-0.05, 0) is 40.0 Å². The normalized spacial score (nSPS) is 17.1. The molecule has 23 heavy (non-hydrogen) atoms. The molecule has 0 aliphatic carbocycles. The number of methoxy groups -OCH3 is 1. The van der Waals surface area contributed by atoms with Gasteiger partial charge in [0.2, 0.25) is 5.91 Å². The topological polar surface area (TPSA) is 66.0 Å². The van der Waals surface area contributed by atoms with E-state index in [9.17, 15) is 4.79 Å². The molecule has 0 bridgehead atoms. The Hall–Kier alpha value is -1.30. The standard InChI is InChI=1S/C17H34N4O2/c1-5-18-16(20-14-17(2,3)23-4)19-11-9-13-21-12-8-6-7-10-15(21)22/h5-14H2,1-4H3,(H2,18,19,20). The highest BCUT2D eigenvalue weighted by molar-refractivity contribution is 5.79. The maximum Gasteiger partial charge on any atom is 0.222 e. The molecule has 1 rings (SSSR count). The highest BCUT2D eigenvalue weighted by Crippen LogP contribution is 2.11. The summed E-state index contributed by atoms with van der Waals surface area (Å²) in [4.78, 5) is 18.5. The van der Waals surface area contributed by atoms with Crippen molar-refractivity contribution in [2.45, 2.75) is 58.5 Å². The number of likely N-dealkylation sites (tertiary alicyclic amines) is 1. The number of hydrogen-bond donors (Lipinski definition) is 2. The summed E-state index contributed by atoms with van der Waals surface area (Å²) in [5.74, 6) is 1.12. The van der Waals surface area contributed by atoms with E-state index in [1.54, 1.807) is 7.11 Å². The lowest BCUT2D eigenvalue weighted by Crippen LogP contribution is -2.40. The van der Waals surface area contributed by atoms with Crippen LogP contribution in [0.15, 0.2) is 4.99 Å². The fraction of sp³-hybridized carbons (Fsp3) is 0.882. The fourth-order valence-corrected chi connectivity index (χ4v) is 2.43. The molecule has 0 aromatic heterocycles. The van der Waals surface area contributed by atoms with Gasteiger partial charge in [0.15, 0.2) is 5.96 Å². The van der Waals surface area contributed by atoms with Crippen molar-refractivity contribution >= 4 is 11.9 Å². The van der Waals surface area contributed by atoms with Gasteiger partial charge in [0, 0.05) is 39.7 Å². The molecule has 1 amide bonds. The molecular weight excluding hydrogens is 292 g/mol. The van der Waals surface area contributed by atoms with Gasteiger partial charge in [-0.1, -0.05) is 6.42 Å². The Kier molecular flexibility index (Phi) is 8.99. The lowest BCUT2D eigenvalue weighted by atomic mass is 10.1. The van der Waals surface area contributed by atoms with E-state index in [2.05, 4.69) is 22.5 Å². The smallest absolute Gasteiger partial charge is 0.222 e. The van der Waals surface area contributed by atoms with Crippen LogP contribution in [0.25, 0.3) is 0 Å². The highest BCUT2D eigenvalue weighted by Gasteiger charge is 2.17. The molecule has 0 aromatic rings. The van der Waals surface area contributed by atoms with Crippen LogP contribution in [0.1, 0.15) is 52.9 Å². The Labute approximate surface area is 141 Å². The number of nitrogens with zero attached hydrogens (tertiary/aromatic N) is 2. The minimum atomic E-state index is -0.263. The van der Waals surface area contributed by atoms with E-state index in [1.807, 2.05) is 18.7 Å². The van der Waals surface area contributed by atoms with Crippen LogP contribution in [0.4, 0.5) is 0 Å². The van der Waals surface area contributed by atoms with E-state index in [4.69, 9.17) is 4.74 Å². The molecule has 1 fully saturated rings. The molecule has 134 valence electrons. The highest BCUT2D eigenvalue weighted by atomic mass is 16.5. The predicted octanol–water partition coefficient (Wildman–Crippen LogP) is 1.76. The first-order valence-electron chi connectivity index (χ1n) is 8.83. The van der Waals surface area contributed by atoms with E-state index < -0.39 is 0 Å². The van der Waals surface area contributed by atoms with Crippen LogP contribution in [-0.4, -0.2) is 62.2 Å². The van der Waals surface area contributed by atoms with Crippen LogP contribution in [0.3, 0.4) is 0 Å². The second kappa shape index (κ2) is 10.5. The first kappa shape index (κ1) is 19.7. The number of hydrogen-bond acceptors (Lipinski definition) is 3. The van der Waals surface area contributed by atoms with Crippen molar-refractivity contribution in [3.8, 4) is 0 Å². The second-order valence-corrected chi connectivity index (χ2v) is 6.63. The number of aliphatic imine (C=N–C) groups is 1. The van der Waals surface area contributed by atoms with E-state index in [1.165, 1.54) is 6.42 Å². The molecule has 1 heterocycles. The van der Waals surface area contributed by atoms with Gasteiger partial charge in [0.1, 0.15) is 0 Å². The molecule has 0 aromatic carbocycles. The summed E-state index contributed by atoms with van der Waals surface area (Å²) in [7, 11) is 1.70. The van der Waals surface area contributed by atoms with Crippen molar-refractivity contribution in [3.05, 3.63) is 0 Å². The van der Waals surface area contributed by atoms with E-state index in [-0.39, 0.29) is 5.60 Å². The molecule has 0 spiro atoms. The van der Waals surface area contributed by atoms with Crippen LogP contribution in [-0.2, 0) is 9.53 Å². The number of carbonyl (C=O) groups excluding carboxylic acids is 1. The largest absolute Gasteiger partial charge is 0.377 e. The Morgan fingerprint density at radius 2 is 2.09 bits per heavy atom. The molecule has 2 N–H and O–H groups in total. The molecule has 1 saturated heterocycles. The molecule has 0 unspecified atom stereocenters. The predicted molar refractivity (Wildman–Crippen MR) is 94.7 cm³/mol. The number of guanidine groups is 1. The van der Waals surface area contributed by atoms with Gasteiger partial charge >= 0.3 is 0 Å². The molecule has 0 saturated carbocycles. The van der Waals surface area contributed by atoms with Crippen LogP contribution in [0, 0.1) is 0 Å². The summed E-state index contributed by atoms with van der Waals surface area (Å²) < 4.78 is 5.39. The van der Waals surface area contributed by atoms with Crippen molar-refractivity contribution in [3.63, 3.8) is 0 Å². The van der Waals surface area contributed by atoms with Gasteiger partial charge in [0.25, 0.3) is 0 Å². The third kappa shape index (κ3) is 8.21. The number of amides is 1. The van der Waals surface area contributed by atoms with Crippen LogP contribution >= 0.6 is 0 Å². The van der Waals surface area contributed by atoms with Gasteiger partial charge in [0.05, 0.1) is 12.1 Å².